The minimum Gasteiger partial charge on any atom is -0.481 e. The number of rotatable bonds is 4. The number of benzene rings is 1. The molecule has 0 aliphatic heterocycles. The molecule has 4 nitrogen and oxygen atoms in total. The Labute approximate surface area is 135 Å². The van der Waals surface area contributed by atoms with Gasteiger partial charge in [0.05, 0.1) is 6.42 Å². The van der Waals surface area contributed by atoms with Gasteiger partial charge in [-0.2, -0.15) is 0 Å². The number of fused-ring (bicyclic) bond motifs is 1. The van der Waals surface area contributed by atoms with Crippen molar-refractivity contribution >= 4 is 34.3 Å². The maximum absolute atomic E-state index is 12.0. The van der Waals surface area contributed by atoms with Crippen LogP contribution in [0.3, 0.4) is 0 Å². The van der Waals surface area contributed by atoms with Gasteiger partial charge in [-0.05, 0) is 32.0 Å². The van der Waals surface area contributed by atoms with E-state index in [1.165, 1.54) is 0 Å². The molecule has 1 aromatic heterocycles. The van der Waals surface area contributed by atoms with E-state index in [2.05, 4.69) is 0 Å². The number of ketones is 1. The van der Waals surface area contributed by atoms with Crippen molar-refractivity contribution in [2.45, 2.75) is 26.7 Å². The smallest absolute Gasteiger partial charge is 0.303 e. The number of hydrogen-bond acceptors (Lipinski definition) is 2. The van der Waals surface area contributed by atoms with Gasteiger partial charge in [0.1, 0.15) is 0 Å². The Morgan fingerprint density at radius 2 is 1.86 bits per heavy atom. The predicted molar refractivity (Wildman–Crippen MR) is 89.6 cm³/mol. The number of aryl methyl sites for hydroxylation is 1. The summed E-state index contributed by atoms with van der Waals surface area (Å²) in [6.07, 6.45) is 5.56. The van der Waals surface area contributed by atoms with Crippen LogP contribution in [0.5, 0.6) is 0 Å². The number of nitrogens with zero attached hydrogens (tertiary/aromatic N) is 1. The molecule has 22 heavy (non-hydrogen) atoms. The Morgan fingerprint density at radius 3 is 2.41 bits per heavy atom. The van der Waals surface area contributed by atoms with E-state index in [0.717, 1.165) is 10.9 Å². The van der Waals surface area contributed by atoms with Crippen molar-refractivity contribution in [1.29, 1.82) is 0 Å². The fourth-order valence-electron chi connectivity index (χ4n) is 1.94. The second kappa shape index (κ2) is 8.39. The van der Waals surface area contributed by atoms with Crippen molar-refractivity contribution in [2.24, 2.45) is 7.05 Å². The Bertz CT molecular complexity index is 697. The average Bonchev–Trinajstić information content (AvgIpc) is 2.81. The van der Waals surface area contributed by atoms with Crippen LogP contribution in [0.4, 0.5) is 0 Å². The first-order valence-corrected chi connectivity index (χ1v) is 7.35. The van der Waals surface area contributed by atoms with Gasteiger partial charge in [0.25, 0.3) is 0 Å². The molecule has 0 amide bonds. The van der Waals surface area contributed by atoms with Crippen LogP contribution in [0, 0.1) is 0 Å². The van der Waals surface area contributed by atoms with E-state index in [4.69, 9.17) is 16.7 Å². The lowest BCUT2D eigenvalue weighted by atomic mass is 10.1. The summed E-state index contributed by atoms with van der Waals surface area (Å²) in [5, 5.41) is 9.91. The van der Waals surface area contributed by atoms with Gasteiger partial charge in [-0.1, -0.05) is 23.8 Å². The quantitative estimate of drug-likeness (QED) is 0.668. The first-order chi connectivity index (χ1) is 10.4. The Hall–Kier alpha value is -2.07. The van der Waals surface area contributed by atoms with Crippen LogP contribution in [-0.4, -0.2) is 21.4 Å². The number of allylic oxidation sites excluding steroid dienone is 2. The molecule has 0 unspecified atom stereocenters. The molecule has 2 rings (SSSR count). The van der Waals surface area contributed by atoms with Crippen LogP contribution >= 0.6 is 11.6 Å². The summed E-state index contributed by atoms with van der Waals surface area (Å²) < 4.78 is 1.83. The molecule has 0 atom stereocenters. The molecular weight excluding hydrogens is 302 g/mol. The zero-order valence-corrected chi connectivity index (χ0v) is 13.7. The van der Waals surface area contributed by atoms with Crippen molar-refractivity contribution in [3.8, 4) is 0 Å². The Balaban J connectivity index is 0.000000541. The molecule has 0 bridgehead atoms. The van der Waals surface area contributed by atoms with Crippen molar-refractivity contribution in [2.75, 3.05) is 0 Å². The van der Waals surface area contributed by atoms with Crippen molar-refractivity contribution in [3.63, 3.8) is 0 Å². The number of aliphatic carboxylic acids is 1. The highest BCUT2D eigenvalue weighted by atomic mass is 35.5. The van der Waals surface area contributed by atoms with E-state index >= 15 is 0 Å². The van der Waals surface area contributed by atoms with Crippen LogP contribution in [-0.2, 0) is 11.8 Å². The van der Waals surface area contributed by atoms with Gasteiger partial charge in [0.2, 0.25) is 0 Å². The number of Topliss-reactive ketones (excluding diaryl/α,β-unsaturated/α-hetero) is 1. The molecule has 2 aromatic rings. The maximum atomic E-state index is 12.0. The molecular formula is C17H20ClNO3. The van der Waals surface area contributed by atoms with Crippen molar-refractivity contribution in [1.82, 2.24) is 4.57 Å². The fourth-order valence-corrected chi connectivity index (χ4v) is 2.11. The summed E-state index contributed by atoms with van der Waals surface area (Å²) in [5.74, 6) is -1.15. The number of aromatic nitrogens is 1. The summed E-state index contributed by atoms with van der Waals surface area (Å²) in [4.78, 5) is 22.4. The van der Waals surface area contributed by atoms with Gasteiger partial charge in [0, 0.05) is 41.2 Å². The lowest BCUT2D eigenvalue weighted by molar-refractivity contribution is -0.136. The third-order valence-electron chi connectivity index (χ3n) is 3.15. The number of hydrogen-bond donors (Lipinski definition) is 1. The molecule has 0 radical (unpaired) electrons. The SMILES string of the molecule is C/C=C\C.Cn1cc(C(=O)CCC(=O)O)c2cc(Cl)ccc21. The summed E-state index contributed by atoms with van der Waals surface area (Å²) >= 11 is 5.92. The molecule has 118 valence electrons. The standard InChI is InChI=1S/C13H12ClNO3.C4H8/c1-15-7-10(12(16)4-5-13(17)18)9-6-8(14)2-3-11(9)15;1-3-4-2/h2-3,6-7H,4-5H2,1H3,(H,17,18);3-4H,1-2H3/b;4-3-. The molecule has 0 saturated carbocycles. The summed E-state index contributed by atoms with van der Waals surface area (Å²) in [6.45, 7) is 4.00. The van der Waals surface area contributed by atoms with Crippen molar-refractivity contribution in [3.05, 3.63) is 47.1 Å². The highest BCUT2D eigenvalue weighted by Gasteiger charge is 2.15. The van der Waals surface area contributed by atoms with Gasteiger partial charge in [-0.25, -0.2) is 0 Å². The number of carbonyl (C=O) groups is 2. The molecule has 0 aliphatic rings. The van der Waals surface area contributed by atoms with E-state index < -0.39 is 5.97 Å². The molecule has 1 aromatic carbocycles. The lowest BCUT2D eigenvalue weighted by Gasteiger charge is -1.98. The largest absolute Gasteiger partial charge is 0.481 e. The number of carboxylic acids is 1. The van der Waals surface area contributed by atoms with E-state index in [9.17, 15) is 9.59 Å². The average molecular weight is 322 g/mol. The molecule has 0 fully saturated rings. The predicted octanol–water partition coefficient (Wildman–Crippen LogP) is 4.46. The highest BCUT2D eigenvalue weighted by Crippen LogP contribution is 2.25. The Kier molecular flexibility index (Phi) is 6.86. The lowest BCUT2D eigenvalue weighted by Crippen LogP contribution is -2.03. The van der Waals surface area contributed by atoms with Gasteiger partial charge >= 0.3 is 5.97 Å². The molecule has 0 saturated heterocycles. The van der Waals surface area contributed by atoms with E-state index in [-0.39, 0.29) is 18.6 Å². The molecule has 1 heterocycles. The third-order valence-corrected chi connectivity index (χ3v) is 3.39. The minimum absolute atomic E-state index is 0.000952. The minimum atomic E-state index is -0.971. The van der Waals surface area contributed by atoms with E-state index in [1.54, 1.807) is 18.3 Å². The van der Waals surface area contributed by atoms with Gasteiger partial charge in [-0.3, -0.25) is 9.59 Å². The van der Waals surface area contributed by atoms with Crippen molar-refractivity contribution < 1.29 is 14.7 Å². The molecule has 0 aliphatic carbocycles. The Morgan fingerprint density at radius 1 is 1.23 bits per heavy atom. The summed E-state index contributed by atoms with van der Waals surface area (Å²) in [7, 11) is 1.84. The van der Waals surface area contributed by atoms with Gasteiger partial charge in [0.15, 0.2) is 5.78 Å². The maximum Gasteiger partial charge on any atom is 0.303 e. The zero-order chi connectivity index (χ0) is 16.7. The van der Waals surface area contributed by atoms with Gasteiger partial charge in [-0.15, -0.1) is 0 Å². The number of halogens is 1. The number of carboxylic acid groups (broad SMARTS) is 1. The van der Waals surface area contributed by atoms with Crippen LogP contribution in [0.2, 0.25) is 5.02 Å². The second-order valence-corrected chi connectivity index (χ2v) is 5.24. The summed E-state index contributed by atoms with van der Waals surface area (Å²) in [6, 6.07) is 5.33. The second-order valence-electron chi connectivity index (χ2n) is 4.80. The van der Waals surface area contributed by atoms with E-state index in [1.807, 2.05) is 43.7 Å². The highest BCUT2D eigenvalue weighted by molar-refractivity contribution is 6.31. The molecule has 5 heteroatoms. The summed E-state index contributed by atoms with van der Waals surface area (Å²) in [5.41, 5.74) is 1.43. The first kappa shape index (κ1) is 18.0. The van der Waals surface area contributed by atoms with Crippen LogP contribution in [0.15, 0.2) is 36.5 Å². The molecule has 0 spiro atoms. The normalized spacial score (nSPS) is 10.5. The monoisotopic (exact) mass is 321 g/mol. The van der Waals surface area contributed by atoms with Crippen LogP contribution < -0.4 is 0 Å². The fraction of sp³-hybridized carbons (Fsp3) is 0.294. The first-order valence-electron chi connectivity index (χ1n) is 6.97. The van der Waals surface area contributed by atoms with Gasteiger partial charge < -0.3 is 9.67 Å². The number of carbonyl (C=O) groups excluding carboxylic acids is 1. The van der Waals surface area contributed by atoms with Crippen LogP contribution in [0.25, 0.3) is 10.9 Å². The topological polar surface area (TPSA) is 59.3 Å². The van der Waals surface area contributed by atoms with E-state index in [0.29, 0.717) is 10.6 Å². The molecule has 1 N–H and O–H groups in total. The third kappa shape index (κ3) is 4.74. The van der Waals surface area contributed by atoms with Crippen LogP contribution in [0.1, 0.15) is 37.0 Å². The zero-order valence-electron chi connectivity index (χ0n) is 13.0.